The Morgan fingerprint density at radius 3 is 2.43 bits per heavy atom. The molecule has 0 spiro atoms. The Balaban J connectivity index is 1.43. The van der Waals surface area contributed by atoms with E-state index in [4.69, 9.17) is 0 Å². The van der Waals surface area contributed by atoms with Crippen LogP contribution in [0.25, 0.3) is 10.2 Å². The van der Waals surface area contributed by atoms with Crippen molar-refractivity contribution in [1.29, 1.82) is 0 Å². The number of nitrogens with zero attached hydrogens (tertiary/aromatic N) is 2. The van der Waals surface area contributed by atoms with Crippen LogP contribution in [0.2, 0.25) is 0 Å². The number of likely N-dealkylation sites (tertiary alicyclic amines) is 1. The molecule has 3 fully saturated rings. The molecule has 1 saturated carbocycles. The molecule has 3 aliphatic rings. The molecule has 3 heterocycles. The number of nitrogens with one attached hydrogen (secondary N) is 3. The van der Waals surface area contributed by atoms with Crippen LogP contribution in [0, 0.1) is 28.6 Å². The average Bonchev–Trinajstić information content (AvgIpc) is 3.44. The number of para-hydroxylation sites is 1. The number of Topliss-reactive ketones (excluding diaryl/α,β-unsaturated/α-hetero) is 1. The quantitative estimate of drug-likeness (QED) is 0.358. The van der Waals surface area contributed by atoms with Gasteiger partial charge in [-0.2, -0.15) is 0 Å². The molecule has 3 amide bonds. The zero-order valence-electron chi connectivity index (χ0n) is 26.9. The second-order valence-electron chi connectivity index (χ2n) is 15.1. The summed E-state index contributed by atoms with van der Waals surface area (Å²) in [6.07, 6.45) is 0.731. The number of thiazole rings is 1. The summed E-state index contributed by atoms with van der Waals surface area (Å²) in [7, 11) is -1.51. The number of fused-ring (bicyclic) bond motifs is 2. The van der Waals surface area contributed by atoms with E-state index < -0.39 is 51.1 Å². The zero-order chi connectivity index (χ0) is 32.4. The highest BCUT2D eigenvalue weighted by molar-refractivity contribution is 7.84. The summed E-state index contributed by atoms with van der Waals surface area (Å²) < 4.78 is 16.5. The predicted octanol–water partition coefficient (Wildman–Crippen LogP) is 3.44. The van der Waals surface area contributed by atoms with E-state index in [0.717, 1.165) is 4.70 Å². The van der Waals surface area contributed by atoms with Crippen LogP contribution in [0.4, 0.5) is 0 Å². The maximum atomic E-state index is 14.3. The van der Waals surface area contributed by atoms with Gasteiger partial charge < -0.3 is 15.5 Å². The van der Waals surface area contributed by atoms with E-state index >= 15 is 0 Å². The number of ketones is 1. The SMILES string of the molecule is CC1(C)C2CN(C(=O)[C@@H](NS(=O)C(C)(C)C)C(C)(C)C)C(C(=O)N[C@@H](C[C@@H]3CCNC3=O)C(=O)c3nc4ccccc4s3)C21. The van der Waals surface area contributed by atoms with Gasteiger partial charge in [-0.05, 0) is 68.4 Å². The normalized spacial score (nSPS) is 26.5. The number of carbonyl (C=O) groups excluding carboxylic acids is 4. The van der Waals surface area contributed by atoms with Gasteiger partial charge in [0.2, 0.25) is 23.5 Å². The van der Waals surface area contributed by atoms with E-state index in [-0.39, 0.29) is 46.3 Å². The van der Waals surface area contributed by atoms with Gasteiger partial charge in [-0.1, -0.05) is 46.8 Å². The Morgan fingerprint density at radius 2 is 1.84 bits per heavy atom. The number of aromatic nitrogens is 1. The van der Waals surface area contributed by atoms with Gasteiger partial charge in [-0.3, -0.25) is 19.2 Å². The molecule has 240 valence electrons. The van der Waals surface area contributed by atoms with Crippen LogP contribution in [0.1, 0.15) is 78.0 Å². The smallest absolute Gasteiger partial charge is 0.243 e. The first kappa shape index (κ1) is 32.7. The summed E-state index contributed by atoms with van der Waals surface area (Å²) >= 11 is 1.27. The Labute approximate surface area is 266 Å². The summed E-state index contributed by atoms with van der Waals surface area (Å²) in [6.45, 7) is 16.4. The number of hydrogen-bond acceptors (Lipinski definition) is 7. The molecular formula is C32H45N5O5S2. The van der Waals surface area contributed by atoms with Crippen molar-refractivity contribution < 1.29 is 23.4 Å². The van der Waals surface area contributed by atoms with Crippen molar-refractivity contribution >= 4 is 56.0 Å². The van der Waals surface area contributed by atoms with Crippen LogP contribution in [-0.2, 0) is 25.4 Å². The Bertz CT molecular complexity index is 1470. The number of amides is 3. The number of rotatable bonds is 9. The molecule has 12 heteroatoms. The summed E-state index contributed by atoms with van der Waals surface area (Å²) in [6, 6.07) is 4.92. The lowest BCUT2D eigenvalue weighted by Crippen LogP contribution is -2.60. The lowest BCUT2D eigenvalue weighted by molar-refractivity contribution is -0.143. The average molecular weight is 644 g/mol. The van der Waals surface area contributed by atoms with Crippen molar-refractivity contribution in [3.05, 3.63) is 29.3 Å². The highest BCUT2D eigenvalue weighted by atomic mass is 32.2. The van der Waals surface area contributed by atoms with Gasteiger partial charge in [0.1, 0.15) is 12.1 Å². The maximum Gasteiger partial charge on any atom is 0.243 e. The van der Waals surface area contributed by atoms with Gasteiger partial charge >= 0.3 is 0 Å². The van der Waals surface area contributed by atoms with Gasteiger partial charge in [0.05, 0.1) is 32.0 Å². The molecule has 0 bridgehead atoms. The second-order valence-corrected chi connectivity index (χ2v) is 18.1. The van der Waals surface area contributed by atoms with Crippen LogP contribution in [0.3, 0.4) is 0 Å². The van der Waals surface area contributed by atoms with Crippen LogP contribution < -0.4 is 15.4 Å². The van der Waals surface area contributed by atoms with Crippen LogP contribution in [-0.4, -0.2) is 73.6 Å². The minimum Gasteiger partial charge on any atom is -0.356 e. The molecule has 1 aromatic heterocycles. The number of hydrogen-bond donors (Lipinski definition) is 3. The number of benzene rings is 1. The Hall–Kier alpha value is -2.70. The highest BCUT2D eigenvalue weighted by Crippen LogP contribution is 2.65. The van der Waals surface area contributed by atoms with E-state index in [1.807, 2.05) is 65.8 Å². The third-order valence-electron chi connectivity index (χ3n) is 9.47. The van der Waals surface area contributed by atoms with Crippen molar-refractivity contribution in [1.82, 2.24) is 25.2 Å². The van der Waals surface area contributed by atoms with Crippen LogP contribution >= 0.6 is 11.3 Å². The minimum atomic E-state index is -1.51. The van der Waals surface area contributed by atoms with Gasteiger partial charge in [-0.15, -0.1) is 11.3 Å². The number of piperidine rings is 1. The molecule has 0 radical (unpaired) electrons. The predicted molar refractivity (Wildman–Crippen MR) is 172 cm³/mol. The third-order valence-corrected chi connectivity index (χ3v) is 12.1. The van der Waals surface area contributed by atoms with E-state index in [0.29, 0.717) is 25.0 Å². The molecule has 3 N–H and O–H groups in total. The van der Waals surface area contributed by atoms with Gasteiger partial charge in [0, 0.05) is 19.0 Å². The third kappa shape index (κ3) is 6.22. The molecule has 10 nitrogen and oxygen atoms in total. The fourth-order valence-electron chi connectivity index (χ4n) is 6.63. The molecule has 2 saturated heterocycles. The first-order chi connectivity index (χ1) is 20.4. The largest absolute Gasteiger partial charge is 0.356 e. The van der Waals surface area contributed by atoms with Crippen molar-refractivity contribution in [2.24, 2.45) is 28.6 Å². The van der Waals surface area contributed by atoms with Gasteiger partial charge in [-0.25, -0.2) is 13.9 Å². The maximum absolute atomic E-state index is 14.3. The lowest BCUT2D eigenvalue weighted by Gasteiger charge is -2.38. The summed E-state index contributed by atoms with van der Waals surface area (Å²) in [5, 5.41) is 6.10. The number of carbonyl (C=O) groups is 4. The molecule has 4 unspecified atom stereocenters. The van der Waals surface area contributed by atoms with Crippen molar-refractivity contribution in [2.75, 3.05) is 13.1 Å². The lowest BCUT2D eigenvalue weighted by atomic mass is 9.86. The van der Waals surface area contributed by atoms with E-state index in [9.17, 15) is 23.4 Å². The zero-order valence-corrected chi connectivity index (χ0v) is 28.5. The van der Waals surface area contributed by atoms with Crippen molar-refractivity contribution in [3.63, 3.8) is 0 Å². The fourth-order valence-corrected chi connectivity index (χ4v) is 8.61. The molecule has 2 aliphatic heterocycles. The molecule has 1 aromatic carbocycles. The Morgan fingerprint density at radius 1 is 1.16 bits per heavy atom. The second kappa shape index (κ2) is 11.6. The highest BCUT2D eigenvalue weighted by Gasteiger charge is 2.70. The molecule has 7 atom stereocenters. The first-order valence-corrected chi connectivity index (χ1v) is 17.3. The van der Waals surface area contributed by atoms with E-state index in [1.165, 1.54) is 11.3 Å². The summed E-state index contributed by atoms with van der Waals surface area (Å²) in [4.78, 5) is 61.1. The molecule has 44 heavy (non-hydrogen) atoms. The summed E-state index contributed by atoms with van der Waals surface area (Å²) in [5.74, 6) is -1.50. The molecular weight excluding hydrogens is 599 g/mol. The monoisotopic (exact) mass is 643 g/mol. The first-order valence-electron chi connectivity index (χ1n) is 15.4. The van der Waals surface area contributed by atoms with Crippen molar-refractivity contribution in [3.8, 4) is 0 Å². The van der Waals surface area contributed by atoms with E-state index in [2.05, 4.69) is 34.2 Å². The van der Waals surface area contributed by atoms with Gasteiger partial charge in [0.25, 0.3) is 0 Å². The van der Waals surface area contributed by atoms with Crippen LogP contribution in [0.5, 0.6) is 0 Å². The molecule has 5 rings (SSSR count). The van der Waals surface area contributed by atoms with Crippen LogP contribution in [0.15, 0.2) is 24.3 Å². The minimum absolute atomic E-state index is 0.0758. The molecule has 1 aliphatic carbocycles. The van der Waals surface area contributed by atoms with Gasteiger partial charge in [0.15, 0.2) is 5.01 Å². The van der Waals surface area contributed by atoms with Crippen molar-refractivity contribution in [2.45, 2.75) is 91.1 Å². The molecule has 2 aromatic rings. The fraction of sp³-hybridized carbons (Fsp3) is 0.656. The topological polar surface area (TPSA) is 138 Å². The summed E-state index contributed by atoms with van der Waals surface area (Å²) in [5.41, 5.74) is -0.0223. The standard InChI is InChI=1S/C32H45N5O5S2/c1-30(2,3)25(36-44(42)31(4,5)6)29(41)37-16-18-22(32(18,7)8)23(37)27(40)34-20(15-17-13-14-33-26(17)39)24(38)28-35-19-11-9-10-12-21(19)43-28/h9-12,17-18,20,22-23,25,36H,13-16H2,1-8H3,(H,33,39)(H,34,40)/t17-,18?,20-,22?,23?,25+,44?/m0/s1. The van der Waals surface area contributed by atoms with E-state index in [1.54, 1.807) is 4.90 Å². The Kier molecular flexibility index (Phi) is 8.61.